The van der Waals surface area contributed by atoms with Crippen LogP contribution in [0.3, 0.4) is 0 Å². The van der Waals surface area contributed by atoms with Gasteiger partial charge in [-0.15, -0.1) is 0 Å². The number of halogens is 2. The Kier molecular flexibility index (Phi) is 14.0. The van der Waals surface area contributed by atoms with Crippen molar-refractivity contribution in [3.63, 3.8) is 0 Å². The first-order valence-electron chi connectivity index (χ1n) is 21.3. The van der Waals surface area contributed by atoms with Crippen molar-refractivity contribution in [2.75, 3.05) is 0 Å². The van der Waals surface area contributed by atoms with Crippen molar-refractivity contribution >= 4 is 31.9 Å². The molecule has 0 aliphatic heterocycles. The third kappa shape index (κ3) is 8.10. The molecule has 4 aromatic rings. The minimum atomic E-state index is 0.0769. The van der Waals surface area contributed by atoms with Gasteiger partial charge in [0.05, 0.1) is 0 Å². The molecule has 0 fully saturated rings. The van der Waals surface area contributed by atoms with Crippen LogP contribution in [0.25, 0.3) is 33.4 Å². The van der Waals surface area contributed by atoms with Gasteiger partial charge in [0, 0.05) is 19.8 Å². The second-order valence-electron chi connectivity index (χ2n) is 16.3. The van der Waals surface area contributed by atoms with E-state index in [-0.39, 0.29) is 10.8 Å². The normalized spacial score (nSPS) is 14.7. The first-order chi connectivity index (χ1) is 25.4. The van der Waals surface area contributed by atoms with E-state index in [1.54, 1.807) is 22.3 Å². The highest BCUT2D eigenvalue weighted by atomic mass is 79.9. The van der Waals surface area contributed by atoms with Crippen LogP contribution in [0.2, 0.25) is 0 Å². The molecule has 0 aromatic heterocycles. The Balaban J connectivity index is 1.46. The van der Waals surface area contributed by atoms with Crippen LogP contribution in [0.1, 0.15) is 178 Å². The molecule has 0 N–H and O–H groups in total. The minimum Gasteiger partial charge on any atom is -0.0654 e. The molecule has 0 heterocycles. The maximum atomic E-state index is 3.90. The predicted molar refractivity (Wildman–Crippen MR) is 235 cm³/mol. The van der Waals surface area contributed by atoms with Gasteiger partial charge in [-0.25, -0.2) is 0 Å². The summed E-state index contributed by atoms with van der Waals surface area (Å²) in [6.45, 7) is 9.35. The molecule has 2 aliphatic carbocycles. The first-order valence-corrected chi connectivity index (χ1v) is 22.9. The van der Waals surface area contributed by atoms with Gasteiger partial charge in [-0.2, -0.15) is 0 Å². The molecule has 2 aliphatic rings. The molecule has 0 nitrogen and oxygen atoms in total. The van der Waals surface area contributed by atoms with Gasteiger partial charge in [0.25, 0.3) is 0 Å². The third-order valence-electron chi connectivity index (χ3n) is 12.8. The van der Waals surface area contributed by atoms with Crippen LogP contribution in [0.15, 0.2) is 81.7 Å². The number of hydrogen-bond donors (Lipinski definition) is 0. The van der Waals surface area contributed by atoms with Crippen LogP contribution in [0, 0.1) is 0 Å². The van der Waals surface area contributed by atoms with E-state index in [0.29, 0.717) is 0 Å². The van der Waals surface area contributed by atoms with Gasteiger partial charge in [-0.1, -0.05) is 199 Å². The third-order valence-corrected chi connectivity index (χ3v) is 13.8. The van der Waals surface area contributed by atoms with Crippen molar-refractivity contribution in [2.24, 2.45) is 0 Å². The number of hydrogen-bond acceptors (Lipinski definition) is 0. The quantitative estimate of drug-likeness (QED) is 0.0734. The standard InChI is InChI=1S/C50H64Br2/c1-5-9-13-17-29-49(30-18-14-10-6-2)45-33-37(21-25-41(45)43-27-23-39(51)35-47(43)49)38-22-26-42-44-28-24-40(52)36-48(44)50(46(42)34-38,31-19-15-11-7-3)32-20-16-12-8-4/h21-28,33-36H,5-20,29-32H2,1-4H3. The van der Waals surface area contributed by atoms with Crippen molar-refractivity contribution in [2.45, 2.75) is 167 Å². The largest absolute Gasteiger partial charge is 0.0654 e. The van der Waals surface area contributed by atoms with E-state index in [4.69, 9.17) is 0 Å². The number of fused-ring (bicyclic) bond motifs is 6. The van der Waals surface area contributed by atoms with Gasteiger partial charge < -0.3 is 0 Å². The molecule has 2 heteroatoms. The Labute approximate surface area is 334 Å². The van der Waals surface area contributed by atoms with Crippen molar-refractivity contribution in [3.05, 3.63) is 104 Å². The fraction of sp³-hybridized carbons (Fsp3) is 0.520. The monoisotopic (exact) mass is 822 g/mol. The molecule has 0 unspecified atom stereocenters. The molecular weight excluding hydrogens is 760 g/mol. The van der Waals surface area contributed by atoms with E-state index >= 15 is 0 Å². The molecule has 0 saturated heterocycles. The van der Waals surface area contributed by atoms with E-state index < -0.39 is 0 Å². The minimum absolute atomic E-state index is 0.0769. The van der Waals surface area contributed by atoms with E-state index in [2.05, 4.69) is 132 Å². The van der Waals surface area contributed by atoms with E-state index in [0.717, 1.165) is 0 Å². The van der Waals surface area contributed by atoms with Crippen molar-refractivity contribution in [3.8, 4) is 33.4 Å². The van der Waals surface area contributed by atoms with Gasteiger partial charge in [-0.3, -0.25) is 0 Å². The molecule has 0 bridgehead atoms. The first kappa shape index (κ1) is 39.5. The highest BCUT2D eigenvalue weighted by molar-refractivity contribution is 9.10. The average molecular weight is 825 g/mol. The fourth-order valence-electron chi connectivity index (χ4n) is 10.0. The highest BCUT2D eigenvalue weighted by Crippen LogP contribution is 2.58. The van der Waals surface area contributed by atoms with Gasteiger partial charge in [0.2, 0.25) is 0 Å². The van der Waals surface area contributed by atoms with Gasteiger partial charge in [0.15, 0.2) is 0 Å². The summed E-state index contributed by atoms with van der Waals surface area (Å²) < 4.78 is 2.43. The van der Waals surface area contributed by atoms with Gasteiger partial charge in [0.1, 0.15) is 0 Å². The predicted octanol–water partition coefficient (Wildman–Crippen LogP) is 17.3. The molecule has 0 spiro atoms. The molecular formula is C50H64Br2. The number of benzene rings is 4. The SMILES string of the molecule is CCCCCCC1(CCCCCC)c2cc(Br)ccc2-c2ccc(-c3ccc4c(c3)C(CCCCCC)(CCCCCC)c3cc(Br)ccc3-4)cc21. The zero-order valence-corrected chi connectivity index (χ0v) is 36.0. The van der Waals surface area contributed by atoms with Crippen LogP contribution in [-0.2, 0) is 10.8 Å². The molecule has 0 radical (unpaired) electrons. The molecule has 0 saturated carbocycles. The summed E-state index contributed by atoms with van der Waals surface area (Å²) in [6, 6.07) is 29.4. The Bertz CT molecular complexity index is 1620. The number of unbranched alkanes of at least 4 members (excludes halogenated alkanes) is 12. The van der Waals surface area contributed by atoms with Crippen LogP contribution >= 0.6 is 31.9 Å². The van der Waals surface area contributed by atoms with Crippen LogP contribution in [-0.4, -0.2) is 0 Å². The molecule has 6 rings (SSSR count). The van der Waals surface area contributed by atoms with Crippen LogP contribution in [0.5, 0.6) is 0 Å². The van der Waals surface area contributed by atoms with E-state index in [1.807, 2.05) is 0 Å². The Morgan fingerprint density at radius 1 is 0.346 bits per heavy atom. The average Bonchev–Trinajstić information content (AvgIpc) is 3.57. The van der Waals surface area contributed by atoms with Crippen molar-refractivity contribution < 1.29 is 0 Å². The maximum absolute atomic E-state index is 3.90. The molecule has 0 amide bonds. The zero-order chi connectivity index (χ0) is 36.6. The summed E-state index contributed by atoms with van der Waals surface area (Å²) in [5, 5.41) is 0. The molecule has 278 valence electrons. The lowest BCUT2D eigenvalue weighted by molar-refractivity contribution is 0.400. The molecule has 52 heavy (non-hydrogen) atoms. The highest BCUT2D eigenvalue weighted by Gasteiger charge is 2.44. The lowest BCUT2D eigenvalue weighted by Crippen LogP contribution is -2.26. The molecule has 4 aromatic carbocycles. The smallest absolute Gasteiger partial charge is 0.0215 e. The van der Waals surface area contributed by atoms with Crippen LogP contribution in [0.4, 0.5) is 0 Å². The second-order valence-corrected chi connectivity index (χ2v) is 18.1. The van der Waals surface area contributed by atoms with Crippen molar-refractivity contribution in [1.82, 2.24) is 0 Å². The summed E-state index contributed by atoms with van der Waals surface area (Å²) >= 11 is 7.81. The summed E-state index contributed by atoms with van der Waals surface area (Å²) in [5.41, 5.74) is 15.1. The zero-order valence-electron chi connectivity index (χ0n) is 32.8. The van der Waals surface area contributed by atoms with Gasteiger partial charge >= 0.3 is 0 Å². The van der Waals surface area contributed by atoms with E-state index in [9.17, 15) is 0 Å². The van der Waals surface area contributed by atoms with Crippen LogP contribution < -0.4 is 0 Å². The van der Waals surface area contributed by atoms with E-state index in [1.165, 1.54) is 171 Å². The summed E-state index contributed by atoms with van der Waals surface area (Å²) in [5.74, 6) is 0. The lowest BCUT2D eigenvalue weighted by atomic mass is 9.69. The summed E-state index contributed by atoms with van der Waals surface area (Å²) in [7, 11) is 0. The lowest BCUT2D eigenvalue weighted by Gasteiger charge is -2.34. The number of rotatable bonds is 21. The fourth-order valence-corrected chi connectivity index (χ4v) is 10.8. The summed E-state index contributed by atoms with van der Waals surface area (Å²) in [6.07, 6.45) is 25.9. The Hall–Kier alpha value is -2.16. The Morgan fingerprint density at radius 2 is 0.635 bits per heavy atom. The Morgan fingerprint density at radius 3 is 0.942 bits per heavy atom. The second kappa shape index (κ2) is 18.4. The topological polar surface area (TPSA) is 0 Å². The maximum Gasteiger partial charge on any atom is 0.0215 e. The summed E-state index contributed by atoms with van der Waals surface area (Å²) in [4.78, 5) is 0. The van der Waals surface area contributed by atoms with Gasteiger partial charge in [-0.05, 0) is 118 Å². The van der Waals surface area contributed by atoms with Crippen molar-refractivity contribution in [1.29, 1.82) is 0 Å². The molecule has 0 atom stereocenters.